The van der Waals surface area contributed by atoms with Gasteiger partial charge in [-0.25, -0.2) is 4.98 Å². The van der Waals surface area contributed by atoms with Gasteiger partial charge in [-0.05, 0) is 30.9 Å². The molecule has 0 aromatic carbocycles. The van der Waals surface area contributed by atoms with Crippen LogP contribution in [0.3, 0.4) is 0 Å². The van der Waals surface area contributed by atoms with E-state index in [-0.39, 0.29) is 0 Å². The van der Waals surface area contributed by atoms with Gasteiger partial charge in [0.25, 0.3) is 0 Å². The van der Waals surface area contributed by atoms with Gasteiger partial charge in [0.05, 0.1) is 11.8 Å². The van der Waals surface area contributed by atoms with Crippen molar-refractivity contribution in [2.45, 2.75) is 18.9 Å². The fraction of sp³-hybridized carbons (Fsp3) is 0.231. The first-order chi connectivity index (χ1) is 8.26. The summed E-state index contributed by atoms with van der Waals surface area (Å²) in [5.41, 5.74) is 2.31. The molecule has 0 aliphatic rings. The monoisotopic (exact) mass is 244 g/mol. The highest BCUT2D eigenvalue weighted by Crippen LogP contribution is 2.30. The Bertz CT molecular complexity index is 556. The standard InChI is InChI=1S/C13H12N2OS/c1-3-17-13-11(8-14)10(7-9(2)15-13)12-5-4-6-16-12/h4-7H,3H2,1-2H3. The third kappa shape index (κ3) is 2.34. The summed E-state index contributed by atoms with van der Waals surface area (Å²) in [7, 11) is 0. The number of hydrogen-bond acceptors (Lipinski definition) is 4. The summed E-state index contributed by atoms with van der Waals surface area (Å²) < 4.78 is 5.36. The van der Waals surface area contributed by atoms with Crippen LogP contribution in [0.1, 0.15) is 18.2 Å². The summed E-state index contributed by atoms with van der Waals surface area (Å²) >= 11 is 1.58. The van der Waals surface area contributed by atoms with Gasteiger partial charge in [-0.1, -0.05) is 6.92 Å². The highest BCUT2D eigenvalue weighted by molar-refractivity contribution is 7.99. The summed E-state index contributed by atoms with van der Waals surface area (Å²) in [5, 5.41) is 10.0. The molecule has 0 fully saturated rings. The molecule has 0 saturated heterocycles. The number of thioether (sulfide) groups is 1. The molecule has 2 aromatic heterocycles. The molecular formula is C13H12N2OS. The normalized spacial score (nSPS) is 10.2. The molecule has 0 aliphatic carbocycles. The largest absolute Gasteiger partial charge is 0.464 e. The second-order valence-electron chi connectivity index (χ2n) is 3.51. The Labute approximate surface area is 104 Å². The first-order valence-corrected chi connectivity index (χ1v) is 6.33. The molecule has 0 N–H and O–H groups in total. The number of nitriles is 1. The van der Waals surface area contributed by atoms with Crippen LogP contribution in [-0.2, 0) is 0 Å². The van der Waals surface area contributed by atoms with E-state index >= 15 is 0 Å². The van der Waals surface area contributed by atoms with Gasteiger partial charge in [0, 0.05) is 11.3 Å². The van der Waals surface area contributed by atoms with Crippen LogP contribution >= 0.6 is 11.8 Å². The van der Waals surface area contributed by atoms with Crippen LogP contribution in [-0.4, -0.2) is 10.7 Å². The molecule has 0 atom stereocenters. The van der Waals surface area contributed by atoms with Crippen molar-refractivity contribution in [3.8, 4) is 17.4 Å². The van der Waals surface area contributed by atoms with Crippen LogP contribution in [0.5, 0.6) is 0 Å². The molecule has 4 heteroatoms. The molecule has 0 bridgehead atoms. The van der Waals surface area contributed by atoms with E-state index in [9.17, 15) is 5.26 Å². The van der Waals surface area contributed by atoms with Gasteiger partial charge in [0.15, 0.2) is 0 Å². The summed E-state index contributed by atoms with van der Waals surface area (Å²) in [4.78, 5) is 4.40. The van der Waals surface area contributed by atoms with Gasteiger partial charge in [0.1, 0.15) is 16.9 Å². The van der Waals surface area contributed by atoms with Crippen LogP contribution < -0.4 is 0 Å². The summed E-state index contributed by atoms with van der Waals surface area (Å²) in [6, 6.07) is 7.78. The van der Waals surface area contributed by atoms with E-state index < -0.39 is 0 Å². The zero-order valence-electron chi connectivity index (χ0n) is 9.73. The lowest BCUT2D eigenvalue weighted by atomic mass is 10.1. The number of rotatable bonds is 3. The first kappa shape index (κ1) is 11.7. The van der Waals surface area contributed by atoms with Gasteiger partial charge >= 0.3 is 0 Å². The average molecular weight is 244 g/mol. The lowest BCUT2D eigenvalue weighted by Gasteiger charge is -2.07. The molecule has 2 heterocycles. The van der Waals surface area contributed by atoms with Crippen molar-refractivity contribution in [3.63, 3.8) is 0 Å². The summed E-state index contributed by atoms with van der Waals surface area (Å²) in [6.07, 6.45) is 1.61. The highest BCUT2D eigenvalue weighted by Gasteiger charge is 2.14. The maximum Gasteiger partial charge on any atom is 0.135 e. The number of aromatic nitrogens is 1. The lowest BCUT2D eigenvalue weighted by Crippen LogP contribution is -1.94. The molecule has 86 valence electrons. The second-order valence-corrected chi connectivity index (χ2v) is 4.77. The van der Waals surface area contributed by atoms with Crippen molar-refractivity contribution in [2.24, 2.45) is 0 Å². The van der Waals surface area contributed by atoms with Gasteiger partial charge in [0.2, 0.25) is 0 Å². The van der Waals surface area contributed by atoms with E-state index in [1.165, 1.54) is 0 Å². The van der Waals surface area contributed by atoms with Crippen LogP contribution in [0.2, 0.25) is 0 Å². The molecule has 3 nitrogen and oxygen atoms in total. The minimum atomic E-state index is 0.595. The highest BCUT2D eigenvalue weighted by atomic mass is 32.2. The van der Waals surface area contributed by atoms with Crippen molar-refractivity contribution in [3.05, 3.63) is 35.7 Å². The zero-order valence-corrected chi connectivity index (χ0v) is 10.5. The molecule has 0 unspecified atom stereocenters. The predicted molar refractivity (Wildman–Crippen MR) is 67.8 cm³/mol. The molecule has 0 radical (unpaired) electrons. The molecule has 0 aliphatic heterocycles. The Morgan fingerprint density at radius 2 is 2.35 bits per heavy atom. The van der Waals surface area contributed by atoms with Crippen molar-refractivity contribution in [2.75, 3.05) is 5.75 Å². The van der Waals surface area contributed by atoms with Crippen molar-refractivity contribution in [1.29, 1.82) is 5.26 Å². The average Bonchev–Trinajstić information content (AvgIpc) is 2.82. The Morgan fingerprint density at radius 3 is 2.94 bits per heavy atom. The summed E-state index contributed by atoms with van der Waals surface area (Å²) in [6.45, 7) is 3.97. The number of nitrogens with zero attached hydrogens (tertiary/aromatic N) is 2. The van der Waals surface area contributed by atoms with Crippen molar-refractivity contribution < 1.29 is 4.42 Å². The number of aryl methyl sites for hydroxylation is 1. The molecule has 0 spiro atoms. The SMILES string of the molecule is CCSc1nc(C)cc(-c2ccco2)c1C#N. The van der Waals surface area contributed by atoms with Crippen LogP contribution in [0.25, 0.3) is 11.3 Å². The molecule has 0 saturated carbocycles. The maximum atomic E-state index is 9.27. The van der Waals surface area contributed by atoms with Crippen molar-refractivity contribution >= 4 is 11.8 Å². The molecule has 2 rings (SSSR count). The third-order valence-corrected chi connectivity index (χ3v) is 3.15. The Hall–Kier alpha value is -1.73. The van der Waals surface area contributed by atoms with Gasteiger partial charge in [-0.3, -0.25) is 0 Å². The van der Waals surface area contributed by atoms with Gasteiger partial charge < -0.3 is 4.42 Å². The predicted octanol–water partition coefficient (Wildman–Crippen LogP) is 3.63. The fourth-order valence-corrected chi connectivity index (χ4v) is 2.40. The minimum Gasteiger partial charge on any atom is -0.464 e. The number of hydrogen-bond donors (Lipinski definition) is 0. The van der Waals surface area contributed by atoms with Crippen molar-refractivity contribution in [1.82, 2.24) is 4.98 Å². The van der Waals surface area contributed by atoms with Gasteiger partial charge in [-0.2, -0.15) is 5.26 Å². The molecule has 2 aromatic rings. The van der Waals surface area contributed by atoms with Crippen LogP contribution in [0.15, 0.2) is 33.9 Å². The number of furan rings is 1. The summed E-state index contributed by atoms with van der Waals surface area (Å²) in [5.74, 6) is 1.60. The van der Waals surface area contributed by atoms with E-state index in [1.54, 1.807) is 18.0 Å². The van der Waals surface area contributed by atoms with E-state index in [4.69, 9.17) is 4.42 Å². The second kappa shape index (κ2) is 5.07. The van der Waals surface area contributed by atoms with E-state index in [0.29, 0.717) is 11.3 Å². The van der Waals surface area contributed by atoms with E-state index in [2.05, 4.69) is 11.1 Å². The van der Waals surface area contributed by atoms with E-state index in [0.717, 1.165) is 22.0 Å². The smallest absolute Gasteiger partial charge is 0.135 e. The van der Waals surface area contributed by atoms with Crippen LogP contribution in [0.4, 0.5) is 0 Å². The molecular weight excluding hydrogens is 232 g/mol. The maximum absolute atomic E-state index is 9.27. The Balaban J connectivity index is 2.62. The quantitative estimate of drug-likeness (QED) is 0.773. The zero-order chi connectivity index (χ0) is 12.3. The topological polar surface area (TPSA) is 49.8 Å². The Morgan fingerprint density at radius 1 is 1.53 bits per heavy atom. The van der Waals surface area contributed by atoms with E-state index in [1.807, 2.05) is 32.0 Å². The number of pyridine rings is 1. The van der Waals surface area contributed by atoms with Crippen LogP contribution in [0, 0.1) is 18.3 Å². The minimum absolute atomic E-state index is 0.595. The van der Waals surface area contributed by atoms with Gasteiger partial charge in [-0.15, -0.1) is 11.8 Å². The molecule has 17 heavy (non-hydrogen) atoms. The lowest BCUT2D eigenvalue weighted by molar-refractivity contribution is 0.581. The third-order valence-electron chi connectivity index (χ3n) is 2.29. The molecule has 0 amide bonds. The Kier molecular flexibility index (Phi) is 3.50. The fourth-order valence-electron chi connectivity index (χ4n) is 1.62. The first-order valence-electron chi connectivity index (χ1n) is 5.34.